The number of benzene rings is 4. The van der Waals surface area contributed by atoms with Crippen molar-refractivity contribution in [1.29, 1.82) is 0 Å². The molecule has 0 saturated carbocycles. The quantitative estimate of drug-likeness (QED) is 0.333. The summed E-state index contributed by atoms with van der Waals surface area (Å²) in [4.78, 5) is 1.35. The van der Waals surface area contributed by atoms with Crippen LogP contribution in [0.3, 0.4) is 0 Å². The summed E-state index contributed by atoms with van der Waals surface area (Å²) >= 11 is 1.94. The molecular weight excluding hydrogens is 400 g/mol. The van der Waals surface area contributed by atoms with E-state index in [1.807, 2.05) is 11.8 Å². The maximum absolute atomic E-state index is 7.39. The lowest BCUT2D eigenvalue weighted by atomic mass is 10.1. The highest BCUT2D eigenvalue weighted by atomic mass is 32.2. The van der Waals surface area contributed by atoms with E-state index in [0.717, 1.165) is 12.2 Å². The van der Waals surface area contributed by atoms with Crippen molar-refractivity contribution in [2.24, 2.45) is 0 Å². The second-order valence-corrected chi connectivity index (χ2v) is 12.0. The lowest BCUT2D eigenvalue weighted by Gasteiger charge is -2.38. The Labute approximate surface area is 183 Å². The molecule has 0 fully saturated rings. The van der Waals surface area contributed by atoms with Gasteiger partial charge in [-0.3, -0.25) is 0 Å². The Morgan fingerprint density at radius 3 is 1.60 bits per heavy atom. The van der Waals surface area contributed by atoms with Gasteiger partial charge in [0.15, 0.2) is 0 Å². The van der Waals surface area contributed by atoms with Gasteiger partial charge in [-0.25, -0.2) is 0 Å². The molecule has 3 heteroatoms. The molecule has 4 aromatic rings. The first kappa shape index (κ1) is 19.4. The van der Waals surface area contributed by atoms with E-state index < -0.39 is 8.32 Å². The molecule has 1 nitrogen and oxygen atoms in total. The van der Waals surface area contributed by atoms with E-state index in [1.54, 1.807) is 0 Å². The lowest BCUT2D eigenvalue weighted by Crippen LogP contribution is -2.69. The van der Waals surface area contributed by atoms with Crippen molar-refractivity contribution in [1.82, 2.24) is 0 Å². The molecular formula is C27H24OSSi. The zero-order valence-corrected chi connectivity index (χ0v) is 18.6. The molecule has 1 aliphatic rings. The van der Waals surface area contributed by atoms with E-state index in [9.17, 15) is 0 Å². The molecule has 4 aromatic carbocycles. The molecule has 0 aliphatic carbocycles. The summed E-state index contributed by atoms with van der Waals surface area (Å²) in [5.74, 6) is 1.09. The fraction of sp³-hybridized carbons (Fsp3) is 0.111. The van der Waals surface area contributed by atoms with Crippen LogP contribution in [0.1, 0.15) is 18.1 Å². The molecule has 0 radical (unpaired) electrons. The molecule has 0 aromatic heterocycles. The number of fused-ring (bicyclic) bond motifs is 1. The Bertz CT molecular complexity index is 1000. The van der Waals surface area contributed by atoms with Crippen LogP contribution in [-0.4, -0.2) is 14.1 Å². The Morgan fingerprint density at radius 1 is 0.600 bits per heavy atom. The summed E-state index contributed by atoms with van der Waals surface area (Å²) in [7, 11) is -2.69. The van der Waals surface area contributed by atoms with Crippen molar-refractivity contribution in [2.45, 2.75) is 17.4 Å². The summed E-state index contributed by atoms with van der Waals surface area (Å²) in [6.45, 7) is 0. The first-order valence-corrected chi connectivity index (χ1v) is 13.3. The van der Waals surface area contributed by atoms with E-state index in [0.29, 0.717) is 0 Å². The van der Waals surface area contributed by atoms with Crippen molar-refractivity contribution >= 4 is 35.6 Å². The third-order valence-corrected chi connectivity index (χ3v) is 11.0. The molecule has 30 heavy (non-hydrogen) atoms. The summed E-state index contributed by atoms with van der Waals surface area (Å²) in [6, 6.07) is 41.3. The van der Waals surface area contributed by atoms with Gasteiger partial charge in [-0.1, -0.05) is 109 Å². The van der Waals surface area contributed by atoms with Crippen LogP contribution in [0.4, 0.5) is 0 Å². The molecule has 0 spiro atoms. The van der Waals surface area contributed by atoms with Gasteiger partial charge in [0.05, 0.1) is 6.10 Å². The lowest BCUT2D eigenvalue weighted by molar-refractivity contribution is 0.198. The third-order valence-electron chi connectivity index (χ3n) is 5.76. The van der Waals surface area contributed by atoms with Crippen LogP contribution in [0.5, 0.6) is 0 Å². The topological polar surface area (TPSA) is 9.23 Å². The molecule has 0 N–H and O–H groups in total. The van der Waals surface area contributed by atoms with Gasteiger partial charge in [0.1, 0.15) is 0 Å². The molecule has 1 atom stereocenters. The summed E-state index contributed by atoms with van der Waals surface area (Å²) in [5.41, 5.74) is 1.33. The van der Waals surface area contributed by atoms with Crippen LogP contribution >= 0.6 is 11.8 Å². The van der Waals surface area contributed by atoms with Crippen molar-refractivity contribution in [2.75, 3.05) is 5.75 Å². The maximum Gasteiger partial charge on any atom is 0.288 e. The Morgan fingerprint density at radius 2 is 1.07 bits per heavy atom. The maximum atomic E-state index is 7.39. The van der Waals surface area contributed by atoms with Gasteiger partial charge in [0, 0.05) is 10.6 Å². The first-order valence-electron chi connectivity index (χ1n) is 10.4. The van der Waals surface area contributed by atoms with E-state index in [2.05, 4.69) is 115 Å². The largest absolute Gasteiger partial charge is 0.397 e. The minimum absolute atomic E-state index is 0.0923. The molecule has 0 unspecified atom stereocenters. The van der Waals surface area contributed by atoms with Gasteiger partial charge < -0.3 is 4.43 Å². The zero-order valence-electron chi connectivity index (χ0n) is 16.8. The Balaban J connectivity index is 1.73. The zero-order chi connectivity index (χ0) is 20.2. The highest BCUT2D eigenvalue weighted by Crippen LogP contribution is 2.39. The predicted molar refractivity (Wildman–Crippen MR) is 130 cm³/mol. The van der Waals surface area contributed by atoms with Crippen LogP contribution in [0.15, 0.2) is 120 Å². The molecule has 0 amide bonds. The average molecular weight is 425 g/mol. The minimum Gasteiger partial charge on any atom is -0.397 e. The summed E-state index contributed by atoms with van der Waals surface area (Å²) < 4.78 is 7.39. The van der Waals surface area contributed by atoms with Crippen LogP contribution in [0.25, 0.3) is 0 Å². The fourth-order valence-corrected chi connectivity index (χ4v) is 9.53. The number of hydrogen-bond donors (Lipinski definition) is 0. The van der Waals surface area contributed by atoms with Crippen molar-refractivity contribution in [3.05, 3.63) is 121 Å². The SMILES string of the molecule is c1ccc([Si](O[C@@H]2CCSc3ccccc32)(c2ccccc2)c2ccccc2)cc1. The van der Waals surface area contributed by atoms with E-state index >= 15 is 0 Å². The monoisotopic (exact) mass is 424 g/mol. The minimum atomic E-state index is -2.69. The molecule has 1 aliphatic heterocycles. The van der Waals surface area contributed by atoms with Gasteiger partial charge in [-0.05, 0) is 33.6 Å². The van der Waals surface area contributed by atoms with Crippen LogP contribution in [0.2, 0.25) is 0 Å². The second kappa shape index (κ2) is 8.64. The molecule has 0 bridgehead atoms. The number of hydrogen-bond acceptors (Lipinski definition) is 2. The molecule has 0 saturated heterocycles. The molecule has 5 rings (SSSR count). The smallest absolute Gasteiger partial charge is 0.288 e. The highest BCUT2D eigenvalue weighted by molar-refractivity contribution is 7.99. The Kier molecular flexibility index (Phi) is 5.58. The Hall–Kier alpha value is -2.59. The fourth-order valence-electron chi connectivity index (χ4n) is 4.37. The number of thioether (sulfide) groups is 1. The molecule has 1 heterocycles. The summed E-state index contributed by atoms with van der Waals surface area (Å²) in [5, 5.41) is 3.87. The van der Waals surface area contributed by atoms with Crippen LogP contribution < -0.4 is 15.6 Å². The number of rotatable bonds is 5. The third kappa shape index (κ3) is 3.54. The van der Waals surface area contributed by atoms with Gasteiger partial charge >= 0.3 is 0 Å². The van der Waals surface area contributed by atoms with Crippen molar-refractivity contribution in [3.63, 3.8) is 0 Å². The first-order chi connectivity index (χ1) is 14.9. The van der Waals surface area contributed by atoms with Crippen LogP contribution in [0, 0.1) is 0 Å². The standard InChI is InChI=1S/C27H24OSSi/c1-4-12-22(13-5-1)30(23-14-6-2-7-15-23,24-16-8-3-9-17-24)28-26-20-21-29-27-19-11-10-18-25(26)27/h1-19,26H,20-21H2/t26-/m1/s1. The van der Waals surface area contributed by atoms with Crippen molar-refractivity contribution < 1.29 is 4.43 Å². The predicted octanol–water partition coefficient (Wildman–Crippen LogP) is 4.91. The summed E-state index contributed by atoms with van der Waals surface area (Å²) in [6.07, 6.45) is 1.12. The van der Waals surface area contributed by atoms with Gasteiger partial charge in [-0.2, -0.15) is 0 Å². The van der Waals surface area contributed by atoms with Crippen LogP contribution in [-0.2, 0) is 4.43 Å². The van der Waals surface area contributed by atoms with Crippen molar-refractivity contribution in [3.8, 4) is 0 Å². The van der Waals surface area contributed by atoms with E-state index in [4.69, 9.17) is 4.43 Å². The normalized spacial score (nSPS) is 16.1. The van der Waals surface area contributed by atoms with Gasteiger partial charge in [-0.15, -0.1) is 11.8 Å². The average Bonchev–Trinajstić information content (AvgIpc) is 2.84. The van der Waals surface area contributed by atoms with Gasteiger partial charge in [0.25, 0.3) is 8.32 Å². The van der Waals surface area contributed by atoms with E-state index in [1.165, 1.54) is 26.0 Å². The molecule has 148 valence electrons. The second-order valence-electron chi connectivity index (χ2n) is 7.56. The van der Waals surface area contributed by atoms with Gasteiger partial charge in [0.2, 0.25) is 0 Å². The highest BCUT2D eigenvalue weighted by Gasteiger charge is 2.44. The van der Waals surface area contributed by atoms with E-state index in [-0.39, 0.29) is 6.10 Å².